The molecule has 4 aromatic rings. The van der Waals surface area contributed by atoms with E-state index in [-0.39, 0.29) is 11.3 Å². The van der Waals surface area contributed by atoms with Gasteiger partial charge >= 0.3 is 5.97 Å². The lowest BCUT2D eigenvalue weighted by Gasteiger charge is -2.20. The van der Waals surface area contributed by atoms with Crippen LogP contribution in [0.4, 0.5) is 0 Å². The zero-order chi connectivity index (χ0) is 25.4. The van der Waals surface area contributed by atoms with Crippen LogP contribution in [-0.4, -0.2) is 39.5 Å². The molecule has 0 saturated carbocycles. The number of methoxy groups -OCH3 is 2. The molecule has 0 fully saturated rings. The average molecular weight is 551 g/mol. The number of fused-ring (bicyclic) bond motifs is 2. The summed E-state index contributed by atoms with van der Waals surface area (Å²) in [5, 5.41) is 4.69. The molecule has 36 heavy (non-hydrogen) atoms. The number of allylic oxidation sites excluding steroid dienone is 1. The first-order valence-corrected chi connectivity index (χ1v) is 12.1. The number of rotatable bonds is 5. The Bertz CT molecular complexity index is 1540. The van der Waals surface area contributed by atoms with E-state index in [1.807, 2.05) is 6.08 Å². The highest BCUT2D eigenvalue weighted by Gasteiger charge is 2.22. The zero-order valence-corrected chi connectivity index (χ0v) is 21.5. The number of ether oxygens (including phenoxy) is 3. The first kappa shape index (κ1) is 23.8. The third kappa shape index (κ3) is 4.28. The van der Waals surface area contributed by atoms with E-state index in [9.17, 15) is 9.59 Å². The Labute approximate surface area is 215 Å². The van der Waals surface area contributed by atoms with Crippen LogP contribution in [0.25, 0.3) is 22.7 Å². The summed E-state index contributed by atoms with van der Waals surface area (Å²) in [6.07, 6.45) is 5.06. The minimum absolute atomic E-state index is 0.0981. The van der Waals surface area contributed by atoms with Gasteiger partial charge in [-0.25, -0.2) is 9.78 Å². The molecule has 2 aromatic carbocycles. The van der Waals surface area contributed by atoms with Crippen molar-refractivity contribution in [3.63, 3.8) is 0 Å². The van der Waals surface area contributed by atoms with E-state index in [4.69, 9.17) is 19.2 Å². The van der Waals surface area contributed by atoms with Crippen molar-refractivity contribution in [2.45, 2.75) is 19.4 Å². The van der Waals surface area contributed by atoms with Gasteiger partial charge in [-0.05, 0) is 66.5 Å². The molecule has 0 atom stereocenters. The maximum absolute atomic E-state index is 13.0. The first-order chi connectivity index (χ1) is 17.4. The highest BCUT2D eigenvalue weighted by atomic mass is 79.9. The molecule has 1 aliphatic rings. The van der Waals surface area contributed by atoms with Crippen molar-refractivity contribution in [1.82, 2.24) is 19.3 Å². The Morgan fingerprint density at radius 3 is 2.47 bits per heavy atom. The lowest BCUT2D eigenvalue weighted by Crippen LogP contribution is -2.27. The van der Waals surface area contributed by atoms with Crippen molar-refractivity contribution in [1.29, 1.82) is 0 Å². The minimum atomic E-state index is -0.532. The van der Waals surface area contributed by atoms with Crippen LogP contribution in [0.3, 0.4) is 0 Å². The first-order valence-electron chi connectivity index (χ1n) is 11.3. The largest absolute Gasteiger partial charge is 0.493 e. The number of benzene rings is 2. The average Bonchev–Trinajstić information content (AvgIpc) is 3.26. The number of hydrogen-bond acceptors (Lipinski definition) is 7. The van der Waals surface area contributed by atoms with E-state index in [1.54, 1.807) is 58.9 Å². The molecule has 0 radical (unpaired) electrons. The van der Waals surface area contributed by atoms with Crippen molar-refractivity contribution in [2.75, 3.05) is 14.2 Å². The molecule has 10 heteroatoms. The second-order valence-electron chi connectivity index (χ2n) is 8.32. The number of aromatic nitrogens is 4. The van der Waals surface area contributed by atoms with Gasteiger partial charge in [0.25, 0.3) is 5.56 Å². The molecule has 5 rings (SSSR count). The number of hydrogen-bond donors (Lipinski definition) is 0. The lowest BCUT2D eigenvalue weighted by atomic mass is 10.0. The fourth-order valence-electron chi connectivity index (χ4n) is 4.27. The fraction of sp³-hybridized carbons (Fsp3) is 0.231. The second-order valence-corrected chi connectivity index (χ2v) is 9.24. The summed E-state index contributed by atoms with van der Waals surface area (Å²) in [5.41, 5.74) is 2.51. The van der Waals surface area contributed by atoms with Gasteiger partial charge in [-0.2, -0.15) is 5.10 Å². The summed E-state index contributed by atoms with van der Waals surface area (Å²) in [4.78, 5) is 30.5. The minimum Gasteiger partial charge on any atom is -0.493 e. The van der Waals surface area contributed by atoms with E-state index in [0.29, 0.717) is 40.5 Å². The fourth-order valence-corrected chi connectivity index (χ4v) is 4.53. The van der Waals surface area contributed by atoms with Gasteiger partial charge < -0.3 is 14.2 Å². The molecule has 0 unspecified atom stereocenters. The molecule has 1 aliphatic heterocycles. The van der Waals surface area contributed by atoms with E-state index in [2.05, 4.69) is 21.0 Å². The molecular formula is C26H23BrN4O5. The Balaban J connectivity index is 1.55. The molecule has 184 valence electrons. The number of esters is 1. The molecule has 9 nitrogen and oxygen atoms in total. The Morgan fingerprint density at radius 1 is 1.11 bits per heavy atom. The summed E-state index contributed by atoms with van der Waals surface area (Å²) < 4.78 is 20.9. The molecule has 0 aliphatic carbocycles. The SMILES string of the molecule is COc1cc(/C=C2\CCCn3c2nc2c(cnn2C)c3=O)cc(OC)c1OC(=O)c1ccc(Br)cc1. The summed E-state index contributed by atoms with van der Waals surface area (Å²) in [7, 11) is 4.76. The number of carbonyl (C=O) groups is 1. The normalized spacial score (nSPS) is 14.1. The van der Waals surface area contributed by atoms with E-state index < -0.39 is 5.97 Å². The molecule has 3 heterocycles. The standard InChI is InChI=1S/C26H23BrN4O5/c1-30-24-19(14-28-30)25(32)31-10-4-5-17(23(31)29-24)11-15-12-20(34-2)22(21(13-15)35-3)36-26(33)16-6-8-18(27)9-7-16/h6-9,11-14H,4-5,10H2,1-3H3/b17-11+. The quantitative estimate of drug-likeness (QED) is 0.267. The molecule has 2 aromatic heterocycles. The van der Waals surface area contributed by atoms with Gasteiger partial charge in [0.05, 0.1) is 26.0 Å². The third-order valence-electron chi connectivity index (χ3n) is 6.06. The van der Waals surface area contributed by atoms with Gasteiger partial charge in [-0.3, -0.25) is 14.0 Å². The molecule has 0 spiro atoms. The number of aryl methyl sites for hydroxylation is 1. The van der Waals surface area contributed by atoms with Gasteiger partial charge in [-0.15, -0.1) is 0 Å². The van der Waals surface area contributed by atoms with Crippen molar-refractivity contribution in [3.05, 3.63) is 74.4 Å². The van der Waals surface area contributed by atoms with E-state index in [1.165, 1.54) is 14.2 Å². The summed E-state index contributed by atoms with van der Waals surface area (Å²) >= 11 is 3.36. The summed E-state index contributed by atoms with van der Waals surface area (Å²) in [5.74, 6) is 0.955. The van der Waals surface area contributed by atoms with Gasteiger partial charge in [-0.1, -0.05) is 15.9 Å². The monoisotopic (exact) mass is 550 g/mol. The van der Waals surface area contributed by atoms with Crippen LogP contribution in [0.2, 0.25) is 0 Å². The van der Waals surface area contributed by atoms with Gasteiger partial charge in [0, 0.05) is 18.1 Å². The van der Waals surface area contributed by atoms with Crippen LogP contribution in [0.1, 0.15) is 34.6 Å². The number of nitrogens with zero attached hydrogens (tertiary/aromatic N) is 4. The van der Waals surface area contributed by atoms with Gasteiger partial charge in [0.2, 0.25) is 5.75 Å². The van der Waals surface area contributed by atoms with Crippen LogP contribution >= 0.6 is 15.9 Å². The number of carbonyl (C=O) groups excluding carboxylic acids is 1. The summed E-state index contributed by atoms with van der Waals surface area (Å²) in [6.45, 7) is 0.598. The van der Waals surface area contributed by atoms with Gasteiger partial charge in [0.15, 0.2) is 17.1 Å². The van der Waals surface area contributed by atoms with Crippen molar-refractivity contribution < 1.29 is 19.0 Å². The molecule has 0 amide bonds. The molecule has 0 bridgehead atoms. The maximum atomic E-state index is 13.0. The predicted octanol–water partition coefficient (Wildman–Crippen LogP) is 4.46. The predicted molar refractivity (Wildman–Crippen MR) is 139 cm³/mol. The van der Waals surface area contributed by atoms with E-state index >= 15 is 0 Å². The Kier molecular flexibility index (Phi) is 6.36. The third-order valence-corrected chi connectivity index (χ3v) is 6.59. The topological polar surface area (TPSA) is 97.5 Å². The molecule has 0 N–H and O–H groups in total. The van der Waals surface area contributed by atoms with Crippen LogP contribution < -0.4 is 19.8 Å². The number of halogens is 1. The molecule has 0 saturated heterocycles. The van der Waals surface area contributed by atoms with Crippen molar-refractivity contribution in [3.8, 4) is 17.2 Å². The smallest absolute Gasteiger partial charge is 0.343 e. The lowest BCUT2D eigenvalue weighted by molar-refractivity contribution is 0.0724. The van der Waals surface area contributed by atoms with Crippen molar-refractivity contribution in [2.24, 2.45) is 7.05 Å². The van der Waals surface area contributed by atoms with Crippen LogP contribution in [0, 0.1) is 0 Å². The Hall–Kier alpha value is -3.92. The van der Waals surface area contributed by atoms with Crippen molar-refractivity contribution >= 4 is 44.6 Å². The van der Waals surface area contributed by atoms with E-state index in [0.717, 1.165) is 28.5 Å². The highest BCUT2D eigenvalue weighted by Crippen LogP contribution is 2.40. The van der Waals surface area contributed by atoms with Crippen LogP contribution in [-0.2, 0) is 13.6 Å². The zero-order valence-electron chi connectivity index (χ0n) is 19.9. The molecular weight excluding hydrogens is 528 g/mol. The summed E-state index contributed by atoms with van der Waals surface area (Å²) in [6, 6.07) is 10.4. The van der Waals surface area contributed by atoms with Gasteiger partial charge in [0.1, 0.15) is 11.2 Å². The maximum Gasteiger partial charge on any atom is 0.343 e. The Morgan fingerprint density at radius 2 is 1.81 bits per heavy atom. The van der Waals surface area contributed by atoms with Crippen LogP contribution in [0.5, 0.6) is 17.2 Å². The highest BCUT2D eigenvalue weighted by molar-refractivity contribution is 9.10. The van der Waals surface area contributed by atoms with Crippen LogP contribution in [0.15, 0.2) is 51.9 Å². The second kappa shape index (κ2) is 9.62.